The van der Waals surface area contributed by atoms with E-state index in [1.807, 2.05) is 0 Å². The average molecular weight is 450 g/mol. The minimum Gasteiger partial charge on any atom is -0.469 e. The van der Waals surface area contributed by atoms with Crippen LogP contribution in [-0.4, -0.2) is 39.6 Å². The van der Waals surface area contributed by atoms with Crippen molar-refractivity contribution in [3.63, 3.8) is 0 Å². The van der Waals surface area contributed by atoms with Crippen molar-refractivity contribution in [2.75, 3.05) is 13.7 Å². The average Bonchev–Trinajstić information content (AvgIpc) is 2.71. The number of hydrogen-bond donors (Lipinski definition) is 1. The fourth-order valence-corrected chi connectivity index (χ4v) is 3.86. The summed E-state index contributed by atoms with van der Waals surface area (Å²) >= 11 is 0. The van der Waals surface area contributed by atoms with Crippen LogP contribution in [0.15, 0.2) is 59.5 Å². The Kier molecular flexibility index (Phi) is 7.80. The summed E-state index contributed by atoms with van der Waals surface area (Å²) in [5.74, 6) is -3.24. The number of nitrogens with two attached hydrogens (primary N) is 1. The van der Waals surface area contributed by atoms with E-state index in [1.165, 1.54) is 43.5 Å². The van der Waals surface area contributed by atoms with Crippen LogP contribution in [0, 0.1) is 5.92 Å². The molecule has 0 amide bonds. The van der Waals surface area contributed by atoms with Gasteiger partial charge in [-0.3, -0.25) is 9.59 Å². The first-order valence-corrected chi connectivity index (χ1v) is 11.0. The lowest BCUT2D eigenvalue weighted by molar-refractivity contribution is -0.163. The minimum absolute atomic E-state index is 0.0135. The third kappa shape index (κ3) is 6.53. The molecule has 0 saturated carbocycles. The van der Waals surface area contributed by atoms with Gasteiger partial charge in [-0.25, -0.2) is 0 Å². The van der Waals surface area contributed by atoms with Gasteiger partial charge in [0.05, 0.1) is 18.9 Å². The van der Waals surface area contributed by atoms with Crippen LogP contribution in [0.1, 0.15) is 32.3 Å². The van der Waals surface area contributed by atoms with Gasteiger partial charge in [-0.05, 0) is 50.6 Å². The molecule has 0 aliphatic rings. The number of benzene rings is 2. The predicted molar refractivity (Wildman–Crippen MR) is 114 cm³/mol. The van der Waals surface area contributed by atoms with Crippen molar-refractivity contribution in [2.45, 2.75) is 37.2 Å². The van der Waals surface area contributed by atoms with Gasteiger partial charge in [0.2, 0.25) is 0 Å². The van der Waals surface area contributed by atoms with E-state index in [2.05, 4.69) is 0 Å². The maximum atomic E-state index is 12.9. The van der Waals surface area contributed by atoms with Crippen LogP contribution in [0.25, 0.3) is 0 Å². The molecule has 2 N–H and O–H groups in total. The van der Waals surface area contributed by atoms with Crippen LogP contribution >= 0.6 is 0 Å². The summed E-state index contributed by atoms with van der Waals surface area (Å²) in [5, 5.41) is 0. The molecule has 0 saturated heterocycles. The first-order chi connectivity index (χ1) is 14.5. The fourth-order valence-electron chi connectivity index (χ4n) is 2.91. The van der Waals surface area contributed by atoms with Crippen molar-refractivity contribution in [3.8, 4) is 5.75 Å². The van der Waals surface area contributed by atoms with Crippen molar-refractivity contribution in [1.29, 1.82) is 0 Å². The summed E-state index contributed by atoms with van der Waals surface area (Å²) in [6, 6.07) is 13.5. The number of methoxy groups -OCH3 is 1. The molecule has 2 rings (SSSR count). The van der Waals surface area contributed by atoms with Crippen LogP contribution < -0.4 is 9.92 Å². The van der Waals surface area contributed by atoms with Gasteiger partial charge >= 0.3 is 22.1 Å². The van der Waals surface area contributed by atoms with Gasteiger partial charge in [0.1, 0.15) is 16.2 Å². The molecule has 0 fully saturated rings. The number of carbonyl (C=O) groups excluding carboxylic acids is 2. The number of esters is 2. The number of carbonyl (C=O) groups is 2. The normalized spacial score (nSPS) is 13.7. The van der Waals surface area contributed by atoms with E-state index in [1.54, 1.807) is 39.0 Å². The van der Waals surface area contributed by atoms with Crippen LogP contribution in [0.5, 0.6) is 5.75 Å². The maximum Gasteiger partial charge on any atom is 0.339 e. The Morgan fingerprint density at radius 2 is 1.55 bits per heavy atom. The lowest BCUT2D eigenvalue weighted by Gasteiger charge is -2.27. The van der Waals surface area contributed by atoms with E-state index >= 15 is 0 Å². The zero-order chi connectivity index (χ0) is 23.2. The monoisotopic (exact) mass is 449 g/mol. The van der Waals surface area contributed by atoms with E-state index in [-0.39, 0.29) is 17.2 Å². The molecule has 9 heteroatoms. The van der Waals surface area contributed by atoms with Crippen molar-refractivity contribution in [1.82, 2.24) is 0 Å². The van der Waals surface area contributed by atoms with Gasteiger partial charge in [-0.1, -0.05) is 30.3 Å². The van der Waals surface area contributed by atoms with Crippen molar-refractivity contribution >= 4 is 22.1 Å². The van der Waals surface area contributed by atoms with Crippen molar-refractivity contribution in [3.05, 3.63) is 60.2 Å². The molecule has 0 aliphatic carbocycles. The molecule has 2 atom stereocenters. The highest BCUT2D eigenvalue weighted by atomic mass is 32.2. The summed E-state index contributed by atoms with van der Waals surface area (Å²) in [4.78, 5) is 25.1. The SMILES string of the molecule is COC(=O)C(CN)C(C(=O)OC(C)(C)C)c1ccc(OS(=O)(=O)c2ccccc2)cc1. The molecule has 0 aliphatic heterocycles. The Morgan fingerprint density at radius 1 is 0.968 bits per heavy atom. The van der Waals surface area contributed by atoms with E-state index < -0.39 is 39.5 Å². The first-order valence-electron chi connectivity index (χ1n) is 9.59. The van der Waals surface area contributed by atoms with Crippen LogP contribution in [0.3, 0.4) is 0 Å². The molecule has 31 heavy (non-hydrogen) atoms. The van der Waals surface area contributed by atoms with Gasteiger partial charge in [0, 0.05) is 6.54 Å². The number of ether oxygens (including phenoxy) is 2. The van der Waals surface area contributed by atoms with Crippen LogP contribution in [0.4, 0.5) is 0 Å². The molecule has 0 spiro atoms. The molecule has 0 radical (unpaired) electrons. The van der Waals surface area contributed by atoms with Crippen molar-refractivity contribution < 1.29 is 31.7 Å². The number of rotatable bonds is 8. The van der Waals surface area contributed by atoms with Gasteiger partial charge in [0.25, 0.3) is 0 Å². The molecule has 2 unspecified atom stereocenters. The highest BCUT2D eigenvalue weighted by molar-refractivity contribution is 7.87. The van der Waals surface area contributed by atoms with E-state index in [9.17, 15) is 18.0 Å². The molecular formula is C22H27NO7S. The minimum atomic E-state index is -4.01. The molecule has 8 nitrogen and oxygen atoms in total. The molecule has 168 valence electrons. The van der Waals surface area contributed by atoms with E-state index in [0.29, 0.717) is 5.56 Å². The molecule has 2 aromatic rings. The van der Waals surface area contributed by atoms with E-state index in [4.69, 9.17) is 19.4 Å². The Balaban J connectivity index is 2.35. The molecule has 0 aromatic heterocycles. The largest absolute Gasteiger partial charge is 0.469 e. The Bertz CT molecular complexity index is 996. The van der Waals surface area contributed by atoms with Crippen molar-refractivity contribution in [2.24, 2.45) is 11.7 Å². The smallest absolute Gasteiger partial charge is 0.339 e. The number of hydrogen-bond acceptors (Lipinski definition) is 8. The lowest BCUT2D eigenvalue weighted by atomic mass is 9.85. The quantitative estimate of drug-likeness (QED) is 0.482. The Morgan fingerprint density at radius 3 is 2.03 bits per heavy atom. The third-order valence-corrected chi connectivity index (χ3v) is 5.56. The standard InChI is InChI=1S/C22H27NO7S/c1-22(2,3)29-21(25)19(18(14-23)20(24)28-4)15-10-12-16(13-11-15)30-31(26,27)17-8-6-5-7-9-17/h5-13,18-19H,14,23H2,1-4H3. The molecule has 0 heterocycles. The summed E-state index contributed by atoms with van der Waals surface area (Å²) in [6.07, 6.45) is 0. The summed E-state index contributed by atoms with van der Waals surface area (Å²) in [6.45, 7) is 4.99. The molecular weight excluding hydrogens is 422 g/mol. The highest BCUT2D eigenvalue weighted by Gasteiger charge is 2.38. The summed E-state index contributed by atoms with van der Waals surface area (Å²) in [5.41, 5.74) is 5.39. The zero-order valence-electron chi connectivity index (χ0n) is 17.9. The highest BCUT2D eigenvalue weighted by Crippen LogP contribution is 2.31. The van der Waals surface area contributed by atoms with Gasteiger partial charge < -0.3 is 19.4 Å². The topological polar surface area (TPSA) is 122 Å². The zero-order valence-corrected chi connectivity index (χ0v) is 18.7. The Hall–Kier alpha value is -2.91. The maximum absolute atomic E-state index is 12.9. The van der Waals surface area contributed by atoms with Crippen LogP contribution in [-0.2, 0) is 29.2 Å². The summed E-state index contributed by atoms with van der Waals surface area (Å²) in [7, 11) is -2.80. The second-order valence-corrected chi connectivity index (χ2v) is 9.34. The first kappa shape index (κ1) is 24.4. The Labute approximate surface area is 182 Å². The van der Waals surface area contributed by atoms with Gasteiger partial charge in [-0.15, -0.1) is 0 Å². The fraction of sp³-hybridized carbons (Fsp3) is 0.364. The summed E-state index contributed by atoms with van der Waals surface area (Å²) < 4.78 is 40.2. The molecule has 0 bridgehead atoms. The van der Waals surface area contributed by atoms with E-state index in [0.717, 1.165) is 0 Å². The molecule has 2 aromatic carbocycles. The van der Waals surface area contributed by atoms with Gasteiger partial charge in [-0.2, -0.15) is 8.42 Å². The van der Waals surface area contributed by atoms with Crippen LogP contribution in [0.2, 0.25) is 0 Å². The lowest BCUT2D eigenvalue weighted by Crippen LogP contribution is -2.38. The van der Waals surface area contributed by atoms with Gasteiger partial charge in [0.15, 0.2) is 0 Å². The second kappa shape index (κ2) is 9.93. The third-order valence-electron chi connectivity index (χ3n) is 4.30. The predicted octanol–water partition coefficient (Wildman–Crippen LogP) is 2.63. The second-order valence-electron chi connectivity index (χ2n) is 7.80.